The predicted octanol–water partition coefficient (Wildman–Crippen LogP) is 1.39. The van der Waals surface area contributed by atoms with E-state index in [0.29, 0.717) is 6.61 Å². The molecule has 0 aliphatic carbocycles. The molecular weight excluding hydrogens is 128 g/mol. The number of carbonyl (C=O) groups is 1. The molecular formula is C8H12O2. The fourth-order valence-electron chi connectivity index (χ4n) is 0.353. The van der Waals surface area contributed by atoms with Gasteiger partial charge in [-0.25, -0.2) is 4.79 Å². The molecule has 0 rings (SSSR count). The van der Waals surface area contributed by atoms with E-state index < -0.39 is 5.97 Å². The molecule has 0 saturated carbocycles. The Hall–Kier alpha value is -0.790. The van der Waals surface area contributed by atoms with Gasteiger partial charge in [0.2, 0.25) is 0 Å². The molecule has 0 N–H and O–H groups in total. The lowest BCUT2D eigenvalue weighted by Gasteiger charge is -2.02. The van der Waals surface area contributed by atoms with Gasteiger partial charge in [0.05, 0.1) is 6.61 Å². The molecule has 0 aliphatic heterocycles. The largest absolute Gasteiger partial charge is 0.462 e. The smallest absolute Gasteiger partial charge is 0.330 e. The molecule has 0 saturated heterocycles. The van der Waals surface area contributed by atoms with Crippen molar-refractivity contribution < 1.29 is 9.53 Å². The van der Waals surface area contributed by atoms with Crippen molar-refractivity contribution >= 4 is 5.97 Å². The van der Waals surface area contributed by atoms with Crippen LogP contribution >= 0.6 is 0 Å². The summed E-state index contributed by atoms with van der Waals surface area (Å²) in [5, 5.41) is 0. The Kier molecular flexibility index (Phi) is 4.63. The second-order valence-corrected chi connectivity index (χ2v) is 2.05. The highest BCUT2D eigenvalue weighted by Crippen LogP contribution is 1.96. The van der Waals surface area contributed by atoms with E-state index in [1.165, 1.54) is 0 Å². The van der Waals surface area contributed by atoms with Crippen molar-refractivity contribution in [1.82, 2.24) is 0 Å². The van der Waals surface area contributed by atoms with Crippen LogP contribution in [-0.4, -0.2) is 12.6 Å². The van der Waals surface area contributed by atoms with Crippen LogP contribution in [0.4, 0.5) is 0 Å². The molecule has 1 atom stereocenters. The van der Waals surface area contributed by atoms with Crippen LogP contribution in [0.3, 0.4) is 0 Å². The Labute approximate surface area is 61.9 Å². The Balaban J connectivity index is 3.19. The van der Waals surface area contributed by atoms with Crippen LogP contribution in [0, 0.1) is 19.3 Å². The Morgan fingerprint density at radius 3 is 2.80 bits per heavy atom. The summed E-state index contributed by atoms with van der Waals surface area (Å²) in [6.45, 7) is 9.18. The molecule has 0 amide bonds. The van der Waals surface area contributed by atoms with E-state index in [1.54, 1.807) is 6.42 Å². The Morgan fingerprint density at radius 1 is 1.80 bits per heavy atom. The molecule has 0 aliphatic rings. The van der Waals surface area contributed by atoms with Crippen LogP contribution in [0.2, 0.25) is 0 Å². The molecule has 2 nitrogen and oxygen atoms in total. The minimum absolute atomic E-state index is 0.206. The van der Waals surface area contributed by atoms with Gasteiger partial charge < -0.3 is 4.74 Å². The fourth-order valence-corrected chi connectivity index (χ4v) is 0.353. The third kappa shape index (κ3) is 5.35. The van der Waals surface area contributed by atoms with E-state index in [1.807, 2.05) is 6.92 Å². The normalized spacial score (nSPS) is 9.50. The summed E-state index contributed by atoms with van der Waals surface area (Å²) in [4.78, 5) is 10.4. The standard InChI is InChI=1S/C8H12O2/c1-4-8(9)10-6-5-7(2)3/h4-5,7H,1-2,6H2,3H3. The van der Waals surface area contributed by atoms with Crippen LogP contribution in [0.25, 0.3) is 0 Å². The number of esters is 1. The van der Waals surface area contributed by atoms with Crippen LogP contribution in [0.15, 0.2) is 12.7 Å². The third-order valence-corrected chi connectivity index (χ3v) is 0.891. The van der Waals surface area contributed by atoms with Gasteiger partial charge >= 0.3 is 5.97 Å². The molecule has 2 radical (unpaired) electrons. The lowest BCUT2D eigenvalue weighted by atomic mass is 10.1. The third-order valence-electron chi connectivity index (χ3n) is 0.891. The highest BCUT2D eigenvalue weighted by Gasteiger charge is 1.97. The number of ether oxygens (including phenoxy) is 1. The summed E-state index contributed by atoms with van der Waals surface area (Å²) in [5.74, 6) is -0.186. The summed E-state index contributed by atoms with van der Waals surface area (Å²) >= 11 is 0. The van der Waals surface area contributed by atoms with E-state index in [2.05, 4.69) is 18.2 Å². The lowest BCUT2D eigenvalue weighted by molar-refractivity contribution is -0.136. The van der Waals surface area contributed by atoms with Gasteiger partial charge in [0, 0.05) is 12.5 Å². The van der Waals surface area contributed by atoms with Gasteiger partial charge in [0.1, 0.15) is 0 Å². The zero-order chi connectivity index (χ0) is 7.98. The maximum absolute atomic E-state index is 10.4. The Bertz CT molecular complexity index is 116. The summed E-state index contributed by atoms with van der Waals surface area (Å²) in [6.07, 6.45) is 2.95. The van der Waals surface area contributed by atoms with Crippen molar-refractivity contribution in [1.29, 1.82) is 0 Å². The summed E-state index contributed by atoms with van der Waals surface area (Å²) in [6, 6.07) is 0. The number of hydrogen-bond acceptors (Lipinski definition) is 2. The highest BCUT2D eigenvalue weighted by atomic mass is 16.5. The van der Waals surface area contributed by atoms with E-state index >= 15 is 0 Å². The minimum atomic E-state index is -0.392. The highest BCUT2D eigenvalue weighted by molar-refractivity contribution is 5.81. The number of hydrogen-bond donors (Lipinski definition) is 0. The first-order valence-electron chi connectivity index (χ1n) is 3.12. The first-order chi connectivity index (χ1) is 4.66. The van der Waals surface area contributed by atoms with Gasteiger partial charge in [-0.3, -0.25) is 0 Å². The van der Waals surface area contributed by atoms with E-state index in [9.17, 15) is 4.79 Å². The van der Waals surface area contributed by atoms with Crippen LogP contribution in [0.1, 0.15) is 6.92 Å². The summed E-state index contributed by atoms with van der Waals surface area (Å²) < 4.78 is 4.65. The molecule has 2 heteroatoms. The van der Waals surface area contributed by atoms with Crippen LogP contribution in [-0.2, 0) is 9.53 Å². The maximum Gasteiger partial charge on any atom is 0.330 e. The fraction of sp³-hybridized carbons (Fsp3) is 0.375. The molecule has 1 unspecified atom stereocenters. The maximum atomic E-state index is 10.4. The van der Waals surface area contributed by atoms with E-state index in [0.717, 1.165) is 6.08 Å². The zero-order valence-corrected chi connectivity index (χ0v) is 6.17. The first-order valence-corrected chi connectivity index (χ1v) is 3.12. The molecule has 0 spiro atoms. The minimum Gasteiger partial charge on any atom is -0.462 e. The molecule has 0 aromatic rings. The number of rotatable bonds is 4. The lowest BCUT2D eigenvalue weighted by Crippen LogP contribution is -2.04. The monoisotopic (exact) mass is 140 g/mol. The van der Waals surface area contributed by atoms with Gasteiger partial charge in [-0.2, -0.15) is 0 Å². The van der Waals surface area contributed by atoms with Crippen molar-refractivity contribution in [2.75, 3.05) is 6.61 Å². The predicted molar refractivity (Wildman–Crippen MR) is 40.0 cm³/mol. The summed E-state index contributed by atoms with van der Waals surface area (Å²) in [7, 11) is 0. The van der Waals surface area contributed by atoms with Gasteiger partial charge in [0.25, 0.3) is 0 Å². The number of carbonyl (C=O) groups excluding carboxylic acids is 1. The van der Waals surface area contributed by atoms with Gasteiger partial charge in [-0.15, -0.1) is 0 Å². The average Bonchev–Trinajstić information content (AvgIpc) is 1.87. The second kappa shape index (κ2) is 5.03. The molecule has 10 heavy (non-hydrogen) atoms. The van der Waals surface area contributed by atoms with Crippen LogP contribution < -0.4 is 0 Å². The van der Waals surface area contributed by atoms with Crippen molar-refractivity contribution in [2.24, 2.45) is 5.92 Å². The molecule has 56 valence electrons. The van der Waals surface area contributed by atoms with Crippen molar-refractivity contribution in [2.45, 2.75) is 6.92 Å². The van der Waals surface area contributed by atoms with Gasteiger partial charge in [-0.1, -0.05) is 20.4 Å². The second-order valence-electron chi connectivity index (χ2n) is 2.05. The first kappa shape index (κ1) is 9.21. The van der Waals surface area contributed by atoms with Crippen molar-refractivity contribution in [3.63, 3.8) is 0 Å². The van der Waals surface area contributed by atoms with Gasteiger partial charge in [0.15, 0.2) is 0 Å². The van der Waals surface area contributed by atoms with Crippen LogP contribution in [0.5, 0.6) is 0 Å². The quantitative estimate of drug-likeness (QED) is 0.435. The zero-order valence-electron chi connectivity index (χ0n) is 6.17. The molecule has 0 aromatic carbocycles. The SMILES string of the molecule is [CH2]C(C)[CH]COC(=O)C=C. The molecule has 0 heterocycles. The van der Waals surface area contributed by atoms with Gasteiger partial charge in [-0.05, 0) is 5.92 Å². The van der Waals surface area contributed by atoms with Crippen molar-refractivity contribution in [3.05, 3.63) is 26.0 Å². The Morgan fingerprint density at radius 2 is 2.40 bits per heavy atom. The topological polar surface area (TPSA) is 26.3 Å². The van der Waals surface area contributed by atoms with E-state index in [4.69, 9.17) is 0 Å². The molecule has 0 aromatic heterocycles. The van der Waals surface area contributed by atoms with Crippen molar-refractivity contribution in [3.8, 4) is 0 Å². The average molecular weight is 140 g/mol. The molecule has 0 fully saturated rings. The van der Waals surface area contributed by atoms with E-state index in [-0.39, 0.29) is 5.92 Å². The summed E-state index contributed by atoms with van der Waals surface area (Å²) in [5.41, 5.74) is 0. The molecule has 0 bridgehead atoms.